The predicted molar refractivity (Wildman–Crippen MR) is 80.0 cm³/mol. The second kappa shape index (κ2) is 5.76. The predicted octanol–water partition coefficient (Wildman–Crippen LogP) is 2.12. The topological polar surface area (TPSA) is 95.6 Å². The van der Waals surface area contributed by atoms with E-state index in [0.29, 0.717) is 5.56 Å². The van der Waals surface area contributed by atoms with Gasteiger partial charge in [0, 0.05) is 17.2 Å². The van der Waals surface area contributed by atoms with Crippen LogP contribution in [0.5, 0.6) is 11.5 Å². The minimum atomic E-state index is -0.696. The van der Waals surface area contributed by atoms with Gasteiger partial charge in [-0.2, -0.15) is 0 Å². The summed E-state index contributed by atoms with van der Waals surface area (Å²) in [6.07, 6.45) is 0. The van der Waals surface area contributed by atoms with E-state index < -0.39 is 11.7 Å². The number of phenols is 2. The van der Waals surface area contributed by atoms with E-state index in [4.69, 9.17) is 18.0 Å². The fourth-order valence-electron chi connectivity index (χ4n) is 1.69. The quantitative estimate of drug-likeness (QED) is 0.652. The van der Waals surface area contributed by atoms with E-state index in [-0.39, 0.29) is 27.7 Å². The average Bonchev–Trinajstić information content (AvgIpc) is 2.39. The van der Waals surface area contributed by atoms with Crippen LogP contribution in [0.3, 0.4) is 0 Å². The summed E-state index contributed by atoms with van der Waals surface area (Å²) in [6.45, 7) is 0. The van der Waals surface area contributed by atoms with Crippen LogP contribution < -0.4 is 11.1 Å². The van der Waals surface area contributed by atoms with Crippen molar-refractivity contribution in [2.45, 2.75) is 0 Å². The van der Waals surface area contributed by atoms with Crippen molar-refractivity contribution >= 4 is 28.8 Å². The third-order valence-corrected chi connectivity index (χ3v) is 2.90. The van der Waals surface area contributed by atoms with Gasteiger partial charge in [0.1, 0.15) is 22.3 Å². The number of aromatic hydroxyl groups is 2. The minimum Gasteiger partial charge on any atom is -0.508 e. The van der Waals surface area contributed by atoms with Gasteiger partial charge in [0.25, 0.3) is 5.91 Å². The Bertz CT molecular complexity index is 714. The Kier molecular flexibility index (Phi) is 4.04. The van der Waals surface area contributed by atoms with E-state index in [2.05, 4.69) is 5.32 Å². The lowest BCUT2D eigenvalue weighted by Gasteiger charge is -2.08. The molecule has 108 valence electrons. The first-order chi connectivity index (χ1) is 9.86. The van der Waals surface area contributed by atoms with E-state index in [1.807, 2.05) is 0 Å². The lowest BCUT2D eigenvalue weighted by Crippen LogP contribution is -2.14. The van der Waals surface area contributed by atoms with Crippen molar-refractivity contribution in [3.8, 4) is 11.5 Å². The Balaban J connectivity index is 2.25. The molecule has 0 fully saturated rings. The van der Waals surface area contributed by atoms with E-state index >= 15 is 0 Å². The lowest BCUT2D eigenvalue weighted by molar-refractivity contribution is 0.102. The summed E-state index contributed by atoms with van der Waals surface area (Å²) in [5.41, 5.74) is 5.65. The second-order valence-corrected chi connectivity index (χ2v) is 4.69. The number of carbonyl (C=O) groups excluding carboxylic acids is 1. The summed E-state index contributed by atoms with van der Waals surface area (Å²) in [4.78, 5) is 12.0. The molecule has 5 nitrogen and oxygen atoms in total. The van der Waals surface area contributed by atoms with Crippen LogP contribution in [0.2, 0.25) is 0 Å². The van der Waals surface area contributed by atoms with Crippen molar-refractivity contribution in [1.29, 1.82) is 0 Å². The van der Waals surface area contributed by atoms with Gasteiger partial charge in [-0.1, -0.05) is 12.2 Å². The molecule has 2 aromatic rings. The zero-order chi connectivity index (χ0) is 15.6. The smallest absolute Gasteiger partial charge is 0.256 e. The maximum absolute atomic E-state index is 13.8. The molecule has 0 aliphatic rings. The molecule has 0 aromatic heterocycles. The van der Waals surface area contributed by atoms with Crippen molar-refractivity contribution in [3.63, 3.8) is 0 Å². The Morgan fingerprint density at radius 3 is 2.24 bits per heavy atom. The third-order valence-electron chi connectivity index (χ3n) is 2.67. The molecule has 0 aliphatic heterocycles. The zero-order valence-electron chi connectivity index (χ0n) is 10.6. The monoisotopic (exact) mass is 306 g/mol. The highest BCUT2D eigenvalue weighted by Crippen LogP contribution is 2.22. The number of rotatable bonds is 3. The standard InChI is InChI=1S/C14H11FN2O3S/c15-11-5-7(13(16)21)1-2-12(11)17-14(20)8-3-9(18)6-10(19)4-8/h1-6,18-19H,(H2,16,21)(H,17,20). The first kappa shape index (κ1) is 14.7. The van der Waals surface area contributed by atoms with Crippen molar-refractivity contribution in [2.75, 3.05) is 5.32 Å². The Morgan fingerprint density at radius 1 is 1.10 bits per heavy atom. The third kappa shape index (κ3) is 3.46. The first-order valence-electron chi connectivity index (χ1n) is 5.80. The maximum atomic E-state index is 13.8. The number of nitrogens with two attached hydrogens (primary N) is 1. The Morgan fingerprint density at radius 2 is 1.71 bits per heavy atom. The fourth-order valence-corrected chi connectivity index (χ4v) is 1.82. The van der Waals surface area contributed by atoms with E-state index in [9.17, 15) is 19.4 Å². The van der Waals surface area contributed by atoms with Gasteiger partial charge in [0.2, 0.25) is 0 Å². The molecule has 21 heavy (non-hydrogen) atoms. The molecular formula is C14H11FN2O3S. The van der Waals surface area contributed by atoms with Gasteiger partial charge in [-0.25, -0.2) is 4.39 Å². The van der Waals surface area contributed by atoms with Gasteiger partial charge in [0.05, 0.1) is 5.69 Å². The Hall–Kier alpha value is -2.67. The molecule has 2 rings (SSSR count). The summed E-state index contributed by atoms with van der Waals surface area (Å²) < 4.78 is 13.8. The van der Waals surface area contributed by atoms with Gasteiger partial charge >= 0.3 is 0 Å². The van der Waals surface area contributed by atoms with Gasteiger partial charge < -0.3 is 21.3 Å². The summed E-state index contributed by atoms with van der Waals surface area (Å²) in [5.74, 6) is -1.92. The van der Waals surface area contributed by atoms with Crippen LogP contribution in [0.4, 0.5) is 10.1 Å². The number of hydrogen-bond donors (Lipinski definition) is 4. The number of amides is 1. The number of benzene rings is 2. The highest BCUT2D eigenvalue weighted by molar-refractivity contribution is 7.80. The molecule has 1 amide bonds. The molecule has 0 heterocycles. The largest absolute Gasteiger partial charge is 0.508 e. The number of nitrogens with one attached hydrogen (secondary N) is 1. The molecule has 0 unspecified atom stereocenters. The Labute approximate surface area is 124 Å². The molecule has 0 spiro atoms. The molecule has 2 aromatic carbocycles. The summed E-state index contributed by atoms with van der Waals surface area (Å²) in [7, 11) is 0. The molecule has 0 bridgehead atoms. The molecule has 0 saturated carbocycles. The van der Waals surface area contributed by atoms with Gasteiger partial charge in [-0.3, -0.25) is 4.79 Å². The normalized spacial score (nSPS) is 10.1. The number of carbonyl (C=O) groups is 1. The molecular weight excluding hydrogens is 295 g/mol. The summed E-state index contributed by atoms with van der Waals surface area (Å²) in [6, 6.07) is 7.28. The molecule has 0 atom stereocenters. The molecule has 5 N–H and O–H groups in total. The van der Waals surface area contributed by atoms with Crippen molar-refractivity contribution in [1.82, 2.24) is 0 Å². The molecule has 0 radical (unpaired) electrons. The highest BCUT2D eigenvalue weighted by Gasteiger charge is 2.12. The van der Waals surface area contributed by atoms with Crippen LogP contribution in [0.25, 0.3) is 0 Å². The van der Waals surface area contributed by atoms with E-state index in [0.717, 1.165) is 24.3 Å². The van der Waals surface area contributed by atoms with Crippen LogP contribution in [0.1, 0.15) is 15.9 Å². The van der Waals surface area contributed by atoms with Crippen LogP contribution in [0.15, 0.2) is 36.4 Å². The van der Waals surface area contributed by atoms with Gasteiger partial charge in [0.15, 0.2) is 0 Å². The summed E-state index contributed by atoms with van der Waals surface area (Å²) in [5, 5.41) is 21.0. The SMILES string of the molecule is NC(=S)c1ccc(NC(=O)c2cc(O)cc(O)c2)c(F)c1. The van der Waals surface area contributed by atoms with Gasteiger partial charge in [-0.05, 0) is 30.3 Å². The van der Waals surface area contributed by atoms with Crippen molar-refractivity contribution in [2.24, 2.45) is 5.73 Å². The number of hydrogen-bond acceptors (Lipinski definition) is 4. The van der Waals surface area contributed by atoms with Crippen LogP contribution in [-0.2, 0) is 0 Å². The number of phenolic OH excluding ortho intramolecular Hbond substituents is 2. The van der Waals surface area contributed by atoms with Crippen LogP contribution in [-0.4, -0.2) is 21.1 Å². The fraction of sp³-hybridized carbons (Fsp3) is 0. The van der Waals surface area contributed by atoms with Crippen LogP contribution in [0, 0.1) is 5.82 Å². The lowest BCUT2D eigenvalue weighted by atomic mass is 10.1. The van der Waals surface area contributed by atoms with Crippen LogP contribution >= 0.6 is 12.2 Å². The molecule has 0 aliphatic carbocycles. The van der Waals surface area contributed by atoms with Gasteiger partial charge in [-0.15, -0.1) is 0 Å². The number of halogens is 1. The first-order valence-corrected chi connectivity index (χ1v) is 6.21. The molecule has 0 saturated heterocycles. The number of thiocarbonyl (C=S) groups is 1. The van der Waals surface area contributed by atoms with E-state index in [1.165, 1.54) is 12.1 Å². The molecule has 7 heteroatoms. The highest BCUT2D eigenvalue weighted by atomic mass is 32.1. The van der Waals surface area contributed by atoms with Crippen molar-refractivity contribution in [3.05, 3.63) is 53.3 Å². The average molecular weight is 306 g/mol. The minimum absolute atomic E-state index is 0.00896. The van der Waals surface area contributed by atoms with Crippen molar-refractivity contribution < 1.29 is 19.4 Å². The van der Waals surface area contributed by atoms with E-state index in [1.54, 1.807) is 0 Å². The summed E-state index contributed by atoms with van der Waals surface area (Å²) >= 11 is 4.73. The second-order valence-electron chi connectivity index (χ2n) is 4.25. The zero-order valence-corrected chi connectivity index (χ0v) is 11.4. The maximum Gasteiger partial charge on any atom is 0.256 e. The number of anilines is 1.